The number of nitrogens with one attached hydrogen (secondary N) is 1. The van der Waals surface area contributed by atoms with E-state index in [2.05, 4.69) is 70.1 Å². The number of anilines is 1. The summed E-state index contributed by atoms with van der Waals surface area (Å²) >= 11 is 0. The molecule has 0 heterocycles. The topological polar surface area (TPSA) is 39.1 Å². The van der Waals surface area contributed by atoms with Crippen molar-refractivity contribution in [3.05, 3.63) is 29.3 Å². The minimum Gasteiger partial charge on any atom is -0.370 e. The van der Waals surface area contributed by atoms with Gasteiger partial charge in [-0.25, -0.2) is 0 Å². The average molecular weight is 287 g/mol. The molecule has 1 atom stereocenters. The van der Waals surface area contributed by atoms with E-state index in [4.69, 9.17) is 0 Å². The van der Waals surface area contributed by atoms with E-state index < -0.39 is 0 Å². The Kier molecular flexibility index (Phi) is 6.23. The third-order valence-corrected chi connectivity index (χ3v) is 4.15. The molecule has 0 aromatic heterocycles. The summed E-state index contributed by atoms with van der Waals surface area (Å²) in [5.41, 5.74) is 3.10. The van der Waals surface area contributed by atoms with E-state index in [-0.39, 0.29) is 5.41 Å². The van der Waals surface area contributed by atoms with Gasteiger partial charge < -0.3 is 10.2 Å². The van der Waals surface area contributed by atoms with E-state index >= 15 is 0 Å². The fourth-order valence-electron chi connectivity index (χ4n) is 2.29. The van der Waals surface area contributed by atoms with Crippen molar-refractivity contribution in [1.29, 1.82) is 5.26 Å². The van der Waals surface area contributed by atoms with E-state index in [1.807, 2.05) is 6.07 Å². The van der Waals surface area contributed by atoms with Crippen molar-refractivity contribution in [2.75, 3.05) is 18.5 Å². The number of hydrogen-bond acceptors (Lipinski definition) is 3. The van der Waals surface area contributed by atoms with Gasteiger partial charge in [0.15, 0.2) is 0 Å². The quantitative estimate of drug-likeness (QED) is 0.806. The van der Waals surface area contributed by atoms with Crippen LogP contribution in [0.15, 0.2) is 18.2 Å². The SMILES string of the molecule is CCCNCc1ccc(N(C)C(C)C(C)(C)C)c(C#N)c1. The number of hydrogen-bond donors (Lipinski definition) is 1. The molecule has 0 radical (unpaired) electrons. The van der Waals surface area contributed by atoms with Crippen molar-refractivity contribution in [3.63, 3.8) is 0 Å². The van der Waals surface area contributed by atoms with Gasteiger partial charge in [-0.2, -0.15) is 5.26 Å². The highest BCUT2D eigenvalue weighted by molar-refractivity contribution is 5.60. The van der Waals surface area contributed by atoms with Crippen LogP contribution >= 0.6 is 0 Å². The third-order valence-electron chi connectivity index (χ3n) is 4.15. The van der Waals surface area contributed by atoms with E-state index in [9.17, 15) is 5.26 Å². The molecule has 1 unspecified atom stereocenters. The van der Waals surface area contributed by atoms with Gasteiger partial charge in [0, 0.05) is 19.6 Å². The van der Waals surface area contributed by atoms with Crippen LogP contribution in [0.3, 0.4) is 0 Å². The van der Waals surface area contributed by atoms with Gasteiger partial charge in [0.05, 0.1) is 11.3 Å². The Morgan fingerprint density at radius 1 is 1.33 bits per heavy atom. The maximum absolute atomic E-state index is 9.45. The lowest BCUT2D eigenvalue weighted by Crippen LogP contribution is -2.39. The zero-order valence-electron chi connectivity index (χ0n) is 14.3. The van der Waals surface area contributed by atoms with Gasteiger partial charge in [0.1, 0.15) is 6.07 Å². The first-order chi connectivity index (χ1) is 9.81. The van der Waals surface area contributed by atoms with Crippen molar-refractivity contribution in [1.82, 2.24) is 5.32 Å². The van der Waals surface area contributed by atoms with Crippen molar-refractivity contribution in [3.8, 4) is 6.07 Å². The van der Waals surface area contributed by atoms with Crippen LogP contribution in [0.1, 0.15) is 52.2 Å². The van der Waals surface area contributed by atoms with E-state index in [0.717, 1.165) is 30.8 Å². The van der Waals surface area contributed by atoms with Gasteiger partial charge in [0.25, 0.3) is 0 Å². The van der Waals surface area contributed by atoms with Gasteiger partial charge in [0.2, 0.25) is 0 Å². The Morgan fingerprint density at radius 2 is 2.00 bits per heavy atom. The van der Waals surface area contributed by atoms with Crippen LogP contribution in [0.25, 0.3) is 0 Å². The summed E-state index contributed by atoms with van der Waals surface area (Å²) in [4.78, 5) is 2.21. The normalized spacial score (nSPS) is 12.8. The molecule has 1 aromatic carbocycles. The highest BCUT2D eigenvalue weighted by Crippen LogP contribution is 2.29. The first-order valence-electron chi connectivity index (χ1n) is 7.77. The maximum Gasteiger partial charge on any atom is 0.101 e. The minimum atomic E-state index is 0.169. The van der Waals surface area contributed by atoms with Gasteiger partial charge in [-0.3, -0.25) is 0 Å². The smallest absolute Gasteiger partial charge is 0.101 e. The first kappa shape index (κ1) is 17.5. The molecule has 0 aliphatic rings. The zero-order chi connectivity index (χ0) is 16.0. The molecule has 1 aromatic rings. The zero-order valence-corrected chi connectivity index (χ0v) is 14.3. The Labute approximate surface area is 130 Å². The van der Waals surface area contributed by atoms with E-state index in [1.165, 1.54) is 5.56 Å². The Hall–Kier alpha value is -1.53. The Bertz CT molecular complexity index is 494. The summed E-state index contributed by atoms with van der Waals surface area (Å²) in [6, 6.07) is 8.89. The fourth-order valence-corrected chi connectivity index (χ4v) is 2.29. The molecular weight excluding hydrogens is 258 g/mol. The molecule has 0 saturated heterocycles. The van der Waals surface area contributed by atoms with Crippen LogP contribution in [-0.2, 0) is 6.54 Å². The monoisotopic (exact) mass is 287 g/mol. The molecule has 0 fully saturated rings. The van der Waals surface area contributed by atoms with Crippen LogP contribution in [0.5, 0.6) is 0 Å². The average Bonchev–Trinajstić information content (AvgIpc) is 2.44. The molecule has 0 spiro atoms. The predicted octanol–water partition coefficient (Wildman–Crippen LogP) is 3.93. The second-order valence-corrected chi connectivity index (χ2v) is 6.79. The van der Waals surface area contributed by atoms with Crippen molar-refractivity contribution in [2.24, 2.45) is 5.41 Å². The second kappa shape index (κ2) is 7.47. The van der Waals surface area contributed by atoms with Crippen molar-refractivity contribution >= 4 is 5.69 Å². The molecule has 1 rings (SSSR count). The Balaban J connectivity index is 2.96. The molecule has 0 aliphatic carbocycles. The lowest BCUT2D eigenvalue weighted by atomic mass is 9.86. The number of rotatable bonds is 6. The van der Waals surface area contributed by atoms with Gasteiger partial charge >= 0.3 is 0 Å². The maximum atomic E-state index is 9.45. The number of nitriles is 1. The molecule has 3 nitrogen and oxygen atoms in total. The molecule has 0 aliphatic heterocycles. The van der Waals surface area contributed by atoms with Crippen LogP contribution < -0.4 is 10.2 Å². The highest BCUT2D eigenvalue weighted by atomic mass is 15.1. The standard InChI is InChI=1S/C18H29N3/c1-7-10-20-13-15-8-9-17(16(11-15)12-19)21(6)14(2)18(3,4)5/h8-9,11,14,20H,7,10,13H2,1-6H3. The van der Waals surface area contributed by atoms with Crippen LogP contribution in [0.4, 0.5) is 5.69 Å². The summed E-state index contributed by atoms with van der Waals surface area (Å²) in [6.45, 7) is 12.9. The van der Waals surface area contributed by atoms with Gasteiger partial charge in [-0.05, 0) is 43.0 Å². The highest BCUT2D eigenvalue weighted by Gasteiger charge is 2.25. The first-order valence-corrected chi connectivity index (χ1v) is 7.77. The minimum absolute atomic E-state index is 0.169. The van der Waals surface area contributed by atoms with Crippen LogP contribution in [0.2, 0.25) is 0 Å². The summed E-state index contributed by atoms with van der Waals surface area (Å²) < 4.78 is 0. The van der Waals surface area contributed by atoms with Crippen molar-refractivity contribution < 1.29 is 0 Å². The summed E-state index contributed by atoms with van der Waals surface area (Å²) in [5.74, 6) is 0. The Morgan fingerprint density at radius 3 is 2.52 bits per heavy atom. The van der Waals surface area contributed by atoms with Crippen LogP contribution in [-0.4, -0.2) is 19.6 Å². The molecule has 116 valence electrons. The predicted molar refractivity (Wildman–Crippen MR) is 90.5 cm³/mol. The number of benzene rings is 1. The largest absolute Gasteiger partial charge is 0.370 e. The van der Waals surface area contributed by atoms with Gasteiger partial charge in [-0.1, -0.05) is 33.8 Å². The second-order valence-electron chi connectivity index (χ2n) is 6.79. The van der Waals surface area contributed by atoms with Gasteiger partial charge in [-0.15, -0.1) is 0 Å². The number of nitrogens with zero attached hydrogens (tertiary/aromatic N) is 2. The molecule has 0 amide bonds. The van der Waals surface area contributed by atoms with E-state index in [0.29, 0.717) is 6.04 Å². The summed E-state index contributed by atoms with van der Waals surface area (Å²) in [7, 11) is 2.07. The molecule has 21 heavy (non-hydrogen) atoms. The van der Waals surface area contributed by atoms with Crippen LogP contribution in [0, 0.1) is 16.7 Å². The summed E-state index contributed by atoms with van der Waals surface area (Å²) in [6.07, 6.45) is 1.12. The lowest BCUT2D eigenvalue weighted by Gasteiger charge is -2.37. The third kappa shape index (κ3) is 4.75. The van der Waals surface area contributed by atoms with E-state index in [1.54, 1.807) is 0 Å². The van der Waals surface area contributed by atoms with Crippen molar-refractivity contribution in [2.45, 2.75) is 53.6 Å². The molecular formula is C18H29N3. The molecule has 3 heteroatoms. The summed E-state index contributed by atoms with van der Waals surface area (Å²) in [5, 5.41) is 12.8. The fraction of sp³-hybridized carbons (Fsp3) is 0.611. The lowest BCUT2D eigenvalue weighted by molar-refractivity contribution is 0.329. The molecule has 0 bridgehead atoms. The molecule has 1 N–H and O–H groups in total. The molecule has 0 saturated carbocycles.